The van der Waals surface area contributed by atoms with Crippen molar-refractivity contribution in [3.8, 4) is 6.07 Å². The molecule has 20 heavy (non-hydrogen) atoms. The third kappa shape index (κ3) is 3.33. The summed E-state index contributed by atoms with van der Waals surface area (Å²) < 4.78 is 0. The molecule has 1 N–H and O–H groups in total. The zero-order valence-electron chi connectivity index (χ0n) is 13.6. The number of nitrogens with one attached hydrogen (secondary N) is 1. The predicted octanol–water partition coefficient (Wildman–Crippen LogP) is 1.83. The molecular formula is C16H30N4. The van der Waals surface area contributed by atoms with Crippen LogP contribution in [0.1, 0.15) is 46.5 Å². The van der Waals surface area contributed by atoms with E-state index < -0.39 is 0 Å². The van der Waals surface area contributed by atoms with Crippen molar-refractivity contribution in [1.82, 2.24) is 15.1 Å². The first kappa shape index (κ1) is 15.8. The first-order chi connectivity index (χ1) is 9.40. The lowest BCUT2D eigenvalue weighted by molar-refractivity contribution is 0.0254. The second kappa shape index (κ2) is 6.01. The highest BCUT2D eigenvalue weighted by atomic mass is 15.3. The number of rotatable bonds is 2. The van der Waals surface area contributed by atoms with Gasteiger partial charge in [-0.2, -0.15) is 5.26 Å². The Bertz CT molecular complexity index is 360. The molecule has 4 nitrogen and oxygen atoms in total. The molecule has 2 aliphatic rings. The van der Waals surface area contributed by atoms with Crippen molar-refractivity contribution in [2.45, 2.75) is 63.6 Å². The largest absolute Gasteiger partial charge is 0.302 e. The summed E-state index contributed by atoms with van der Waals surface area (Å²) >= 11 is 0. The number of hydrogen-bond donors (Lipinski definition) is 1. The first-order valence-electron chi connectivity index (χ1n) is 7.99. The average Bonchev–Trinajstić information content (AvgIpc) is 2.46. The smallest absolute Gasteiger partial charge is 0.108 e. The Kier molecular flexibility index (Phi) is 4.73. The van der Waals surface area contributed by atoms with Crippen molar-refractivity contribution < 1.29 is 0 Å². The predicted molar refractivity (Wildman–Crippen MR) is 82.6 cm³/mol. The van der Waals surface area contributed by atoms with Gasteiger partial charge >= 0.3 is 0 Å². The van der Waals surface area contributed by atoms with E-state index in [0.29, 0.717) is 6.04 Å². The van der Waals surface area contributed by atoms with Gasteiger partial charge in [0.25, 0.3) is 0 Å². The Hall–Kier alpha value is -0.630. The van der Waals surface area contributed by atoms with E-state index in [1.54, 1.807) is 0 Å². The van der Waals surface area contributed by atoms with Gasteiger partial charge in [0, 0.05) is 37.8 Å². The SMILES string of the molecule is CNC1(C#N)CCCC(N2CCN(C(C)(C)C)CC2)C1. The molecule has 1 aliphatic heterocycles. The van der Waals surface area contributed by atoms with Gasteiger partial charge < -0.3 is 5.32 Å². The van der Waals surface area contributed by atoms with Crippen LogP contribution in [0.25, 0.3) is 0 Å². The lowest BCUT2D eigenvalue weighted by Gasteiger charge is -2.47. The van der Waals surface area contributed by atoms with Gasteiger partial charge in [0.2, 0.25) is 0 Å². The van der Waals surface area contributed by atoms with Gasteiger partial charge in [0.15, 0.2) is 0 Å². The quantitative estimate of drug-likeness (QED) is 0.837. The monoisotopic (exact) mass is 278 g/mol. The fraction of sp³-hybridized carbons (Fsp3) is 0.938. The fourth-order valence-corrected chi connectivity index (χ4v) is 3.70. The molecule has 2 atom stereocenters. The van der Waals surface area contributed by atoms with Crippen LogP contribution in [-0.4, -0.2) is 60.1 Å². The Balaban J connectivity index is 1.92. The molecule has 1 aliphatic carbocycles. The Morgan fingerprint density at radius 3 is 2.35 bits per heavy atom. The van der Waals surface area contributed by atoms with Gasteiger partial charge in [-0.05, 0) is 53.5 Å². The van der Waals surface area contributed by atoms with Crippen molar-refractivity contribution in [3.05, 3.63) is 0 Å². The zero-order chi connectivity index (χ0) is 14.8. The molecule has 0 aromatic heterocycles. The molecule has 0 aromatic rings. The number of piperazine rings is 1. The molecule has 1 saturated heterocycles. The number of nitrogens with zero attached hydrogens (tertiary/aromatic N) is 3. The average molecular weight is 278 g/mol. The van der Waals surface area contributed by atoms with Gasteiger partial charge in [-0.1, -0.05) is 0 Å². The van der Waals surface area contributed by atoms with Crippen LogP contribution in [0, 0.1) is 11.3 Å². The standard InChI is InChI=1S/C16H30N4/c1-15(2,3)20-10-8-19(9-11-20)14-6-5-7-16(12-14,13-17)18-4/h14,18H,5-12H2,1-4H3. The van der Waals surface area contributed by atoms with Crippen LogP contribution >= 0.6 is 0 Å². The van der Waals surface area contributed by atoms with Crippen LogP contribution < -0.4 is 5.32 Å². The van der Waals surface area contributed by atoms with Crippen molar-refractivity contribution in [2.24, 2.45) is 0 Å². The van der Waals surface area contributed by atoms with Gasteiger partial charge in [0.1, 0.15) is 5.54 Å². The van der Waals surface area contributed by atoms with E-state index in [0.717, 1.165) is 39.0 Å². The molecule has 0 spiro atoms. The lowest BCUT2D eigenvalue weighted by atomic mass is 9.79. The molecule has 0 amide bonds. The highest BCUT2D eigenvalue weighted by Gasteiger charge is 2.38. The first-order valence-corrected chi connectivity index (χ1v) is 7.99. The molecule has 0 aromatic carbocycles. The summed E-state index contributed by atoms with van der Waals surface area (Å²) in [4.78, 5) is 5.19. The zero-order valence-corrected chi connectivity index (χ0v) is 13.6. The molecule has 2 fully saturated rings. The molecule has 0 bridgehead atoms. The third-order valence-electron chi connectivity index (χ3n) is 5.20. The van der Waals surface area contributed by atoms with Crippen molar-refractivity contribution in [2.75, 3.05) is 33.2 Å². The van der Waals surface area contributed by atoms with Gasteiger partial charge in [-0.15, -0.1) is 0 Å². The molecule has 0 radical (unpaired) electrons. The van der Waals surface area contributed by atoms with E-state index in [-0.39, 0.29) is 11.1 Å². The summed E-state index contributed by atoms with van der Waals surface area (Å²) in [6, 6.07) is 3.10. The van der Waals surface area contributed by atoms with Gasteiger partial charge in [-0.25, -0.2) is 0 Å². The second-order valence-corrected chi connectivity index (χ2v) is 7.39. The lowest BCUT2D eigenvalue weighted by Crippen LogP contribution is -2.58. The normalized spacial score (nSPS) is 33.9. The van der Waals surface area contributed by atoms with Crippen molar-refractivity contribution in [1.29, 1.82) is 5.26 Å². The maximum atomic E-state index is 9.47. The third-order valence-corrected chi connectivity index (χ3v) is 5.20. The van der Waals surface area contributed by atoms with Gasteiger partial charge in [-0.3, -0.25) is 9.80 Å². The number of hydrogen-bond acceptors (Lipinski definition) is 4. The van der Waals surface area contributed by atoms with E-state index in [1.165, 1.54) is 12.8 Å². The fourth-order valence-electron chi connectivity index (χ4n) is 3.70. The summed E-state index contributed by atoms with van der Waals surface area (Å²) in [5, 5.41) is 12.7. The topological polar surface area (TPSA) is 42.3 Å². The summed E-state index contributed by atoms with van der Waals surface area (Å²) in [6.45, 7) is 11.5. The van der Waals surface area contributed by atoms with E-state index in [9.17, 15) is 5.26 Å². The summed E-state index contributed by atoms with van der Waals surface area (Å²) in [7, 11) is 1.93. The minimum absolute atomic E-state index is 0.278. The Labute approximate surface area is 124 Å². The minimum atomic E-state index is -0.288. The van der Waals surface area contributed by atoms with Crippen LogP contribution in [0.2, 0.25) is 0 Å². The van der Waals surface area contributed by atoms with Crippen LogP contribution in [0.5, 0.6) is 0 Å². The van der Waals surface area contributed by atoms with E-state index >= 15 is 0 Å². The molecular weight excluding hydrogens is 248 g/mol. The van der Waals surface area contributed by atoms with Crippen LogP contribution in [-0.2, 0) is 0 Å². The summed E-state index contributed by atoms with van der Waals surface area (Å²) in [6.07, 6.45) is 4.40. The van der Waals surface area contributed by atoms with E-state index in [1.807, 2.05) is 7.05 Å². The molecule has 114 valence electrons. The van der Waals surface area contributed by atoms with E-state index in [4.69, 9.17) is 0 Å². The van der Waals surface area contributed by atoms with Crippen LogP contribution in [0.4, 0.5) is 0 Å². The Morgan fingerprint density at radius 2 is 1.85 bits per heavy atom. The maximum Gasteiger partial charge on any atom is 0.108 e. The Morgan fingerprint density at radius 1 is 1.20 bits per heavy atom. The van der Waals surface area contributed by atoms with Crippen LogP contribution in [0.3, 0.4) is 0 Å². The molecule has 1 heterocycles. The second-order valence-electron chi connectivity index (χ2n) is 7.39. The molecule has 4 heteroatoms. The van der Waals surface area contributed by atoms with E-state index in [2.05, 4.69) is 42.0 Å². The molecule has 1 saturated carbocycles. The maximum absolute atomic E-state index is 9.47. The summed E-state index contributed by atoms with van der Waals surface area (Å²) in [5.74, 6) is 0. The highest BCUT2D eigenvalue weighted by molar-refractivity contribution is 5.10. The summed E-state index contributed by atoms with van der Waals surface area (Å²) in [5.41, 5.74) is -0.00980. The highest BCUT2D eigenvalue weighted by Crippen LogP contribution is 2.31. The molecule has 2 unspecified atom stereocenters. The molecule has 2 rings (SSSR count). The minimum Gasteiger partial charge on any atom is -0.302 e. The van der Waals surface area contributed by atoms with Crippen molar-refractivity contribution >= 4 is 0 Å². The van der Waals surface area contributed by atoms with Crippen LogP contribution in [0.15, 0.2) is 0 Å². The van der Waals surface area contributed by atoms with Gasteiger partial charge in [0.05, 0.1) is 6.07 Å². The van der Waals surface area contributed by atoms with Crippen molar-refractivity contribution in [3.63, 3.8) is 0 Å². The number of nitriles is 1.